The summed E-state index contributed by atoms with van der Waals surface area (Å²) < 4.78 is 0. The van der Waals surface area contributed by atoms with Gasteiger partial charge in [-0.2, -0.15) is 0 Å². The molecule has 0 heterocycles. The van der Waals surface area contributed by atoms with Gasteiger partial charge in [0.25, 0.3) is 0 Å². The summed E-state index contributed by atoms with van der Waals surface area (Å²) in [4.78, 5) is 20.2. The average Bonchev–Trinajstić information content (AvgIpc) is 1.85. The lowest BCUT2D eigenvalue weighted by Crippen LogP contribution is -2.33. The third-order valence-electron chi connectivity index (χ3n) is 0.978. The quantitative estimate of drug-likeness (QED) is 0.361. The number of aliphatic carboxylic acids is 1. The molecule has 0 saturated carbocycles. The van der Waals surface area contributed by atoms with Gasteiger partial charge in [-0.05, 0) is 0 Å². The van der Waals surface area contributed by atoms with Crippen LogP contribution in [0.3, 0.4) is 0 Å². The van der Waals surface area contributed by atoms with Crippen LogP contribution in [0.1, 0.15) is 13.3 Å². The van der Waals surface area contributed by atoms with E-state index in [0.717, 1.165) is 0 Å². The average molecular weight is 160 g/mol. The van der Waals surface area contributed by atoms with E-state index in [9.17, 15) is 9.59 Å². The van der Waals surface area contributed by atoms with Crippen LogP contribution in [0.5, 0.6) is 0 Å². The Bertz CT molecular complexity index is 131. The molecule has 0 radical (unpaired) electrons. The van der Waals surface area contributed by atoms with Crippen molar-refractivity contribution in [3.05, 3.63) is 0 Å². The number of carboxylic acid groups (broad SMARTS) is 1. The molecule has 0 aromatic rings. The standard InChI is InChI=1S/C6H12N2O3/c1-5(9)8-4-7-3-2-6(10)11/h7H,2-4H2,1H3,(H,8,9)(H,10,11). The molecule has 0 aliphatic rings. The van der Waals surface area contributed by atoms with Gasteiger partial charge in [0.15, 0.2) is 0 Å². The van der Waals surface area contributed by atoms with E-state index in [1.807, 2.05) is 0 Å². The summed E-state index contributed by atoms with van der Waals surface area (Å²) in [5, 5.41) is 13.4. The smallest absolute Gasteiger partial charge is 0.304 e. The van der Waals surface area contributed by atoms with Gasteiger partial charge < -0.3 is 10.4 Å². The molecule has 0 aromatic carbocycles. The fourth-order valence-corrected chi connectivity index (χ4v) is 0.471. The van der Waals surface area contributed by atoms with Gasteiger partial charge in [-0.3, -0.25) is 14.9 Å². The molecule has 0 saturated heterocycles. The van der Waals surface area contributed by atoms with Gasteiger partial charge in [0, 0.05) is 13.5 Å². The van der Waals surface area contributed by atoms with Crippen molar-refractivity contribution in [1.82, 2.24) is 10.6 Å². The number of hydrogen-bond donors (Lipinski definition) is 3. The molecule has 0 fully saturated rings. The maximum Gasteiger partial charge on any atom is 0.304 e. The molecule has 0 spiro atoms. The first kappa shape index (κ1) is 9.90. The van der Waals surface area contributed by atoms with E-state index in [1.165, 1.54) is 6.92 Å². The lowest BCUT2D eigenvalue weighted by Gasteiger charge is -2.01. The van der Waals surface area contributed by atoms with E-state index in [1.54, 1.807) is 0 Å². The van der Waals surface area contributed by atoms with E-state index >= 15 is 0 Å². The second-order valence-corrected chi connectivity index (χ2v) is 2.05. The van der Waals surface area contributed by atoms with Gasteiger partial charge in [-0.15, -0.1) is 0 Å². The molecule has 11 heavy (non-hydrogen) atoms. The molecule has 1 amide bonds. The normalized spacial score (nSPS) is 9.18. The topological polar surface area (TPSA) is 78.4 Å². The molecular weight excluding hydrogens is 148 g/mol. The second kappa shape index (κ2) is 5.67. The summed E-state index contributed by atoms with van der Waals surface area (Å²) in [5.41, 5.74) is 0. The van der Waals surface area contributed by atoms with Crippen molar-refractivity contribution in [3.63, 3.8) is 0 Å². The van der Waals surface area contributed by atoms with Crippen molar-refractivity contribution in [2.24, 2.45) is 0 Å². The first-order valence-corrected chi connectivity index (χ1v) is 3.30. The summed E-state index contributed by atoms with van der Waals surface area (Å²) in [6, 6.07) is 0. The lowest BCUT2D eigenvalue weighted by atomic mass is 10.4. The van der Waals surface area contributed by atoms with E-state index < -0.39 is 5.97 Å². The van der Waals surface area contributed by atoms with Crippen molar-refractivity contribution in [2.75, 3.05) is 13.2 Å². The maximum atomic E-state index is 10.3. The highest BCUT2D eigenvalue weighted by Gasteiger charge is 1.94. The fraction of sp³-hybridized carbons (Fsp3) is 0.667. The molecule has 64 valence electrons. The summed E-state index contributed by atoms with van der Waals surface area (Å²) in [6.07, 6.45) is 0.0690. The highest BCUT2D eigenvalue weighted by Crippen LogP contribution is 1.72. The maximum absolute atomic E-state index is 10.3. The van der Waals surface area contributed by atoms with Crippen molar-refractivity contribution < 1.29 is 14.7 Å². The number of carboxylic acids is 1. The summed E-state index contributed by atoms with van der Waals surface area (Å²) >= 11 is 0. The first-order valence-electron chi connectivity index (χ1n) is 3.30. The SMILES string of the molecule is CC(=O)NCNCCC(=O)O. The van der Waals surface area contributed by atoms with E-state index in [4.69, 9.17) is 5.11 Å². The Morgan fingerprint density at radius 1 is 1.45 bits per heavy atom. The molecule has 3 N–H and O–H groups in total. The Morgan fingerprint density at radius 3 is 2.55 bits per heavy atom. The van der Waals surface area contributed by atoms with Gasteiger partial charge >= 0.3 is 5.97 Å². The first-order chi connectivity index (χ1) is 5.13. The van der Waals surface area contributed by atoms with Gasteiger partial charge in [0.1, 0.15) is 0 Å². The molecule has 0 rings (SSSR count). The van der Waals surface area contributed by atoms with Gasteiger partial charge in [0.05, 0.1) is 13.1 Å². The van der Waals surface area contributed by atoms with Crippen molar-refractivity contribution in [2.45, 2.75) is 13.3 Å². The monoisotopic (exact) mass is 160 g/mol. The Morgan fingerprint density at radius 2 is 2.09 bits per heavy atom. The Balaban J connectivity index is 3.03. The van der Waals surface area contributed by atoms with E-state index in [0.29, 0.717) is 13.2 Å². The molecule has 0 aliphatic heterocycles. The predicted octanol–water partition coefficient (Wildman–Crippen LogP) is -0.856. The van der Waals surface area contributed by atoms with Gasteiger partial charge in [-0.25, -0.2) is 0 Å². The number of carbonyl (C=O) groups is 2. The van der Waals surface area contributed by atoms with Crippen LogP contribution in [-0.2, 0) is 9.59 Å². The van der Waals surface area contributed by atoms with Crippen molar-refractivity contribution in [3.8, 4) is 0 Å². The second-order valence-electron chi connectivity index (χ2n) is 2.05. The molecule has 5 nitrogen and oxygen atoms in total. The zero-order chi connectivity index (χ0) is 8.69. The molecule has 0 atom stereocenters. The number of nitrogens with one attached hydrogen (secondary N) is 2. The largest absolute Gasteiger partial charge is 0.481 e. The zero-order valence-electron chi connectivity index (χ0n) is 6.39. The minimum Gasteiger partial charge on any atom is -0.481 e. The molecule has 5 heteroatoms. The fourth-order valence-electron chi connectivity index (χ4n) is 0.471. The molecule has 0 unspecified atom stereocenters. The number of rotatable bonds is 5. The van der Waals surface area contributed by atoms with Crippen LogP contribution in [0, 0.1) is 0 Å². The van der Waals surface area contributed by atoms with Crippen LogP contribution in [0.4, 0.5) is 0 Å². The van der Waals surface area contributed by atoms with E-state index in [2.05, 4.69) is 10.6 Å². The Kier molecular flexibility index (Phi) is 5.10. The predicted molar refractivity (Wildman–Crippen MR) is 38.9 cm³/mol. The highest BCUT2D eigenvalue weighted by molar-refractivity contribution is 5.72. The number of amides is 1. The van der Waals surface area contributed by atoms with Crippen LogP contribution in [0.25, 0.3) is 0 Å². The summed E-state index contributed by atoms with van der Waals surface area (Å²) in [7, 11) is 0. The van der Waals surface area contributed by atoms with Crippen LogP contribution in [0.15, 0.2) is 0 Å². The minimum atomic E-state index is -0.847. The molecule has 0 aliphatic carbocycles. The third kappa shape index (κ3) is 8.90. The van der Waals surface area contributed by atoms with Gasteiger partial charge in [0.2, 0.25) is 5.91 Å². The van der Waals surface area contributed by atoms with Crippen molar-refractivity contribution in [1.29, 1.82) is 0 Å². The van der Waals surface area contributed by atoms with Crippen LogP contribution >= 0.6 is 0 Å². The number of hydrogen-bond acceptors (Lipinski definition) is 3. The zero-order valence-corrected chi connectivity index (χ0v) is 6.39. The van der Waals surface area contributed by atoms with Crippen molar-refractivity contribution >= 4 is 11.9 Å². The summed E-state index contributed by atoms with van der Waals surface area (Å²) in [5.74, 6) is -0.979. The third-order valence-corrected chi connectivity index (χ3v) is 0.978. The minimum absolute atomic E-state index is 0.0690. The summed E-state index contributed by atoms with van der Waals surface area (Å²) in [6.45, 7) is 2.09. The Labute approximate surface area is 64.8 Å². The number of carbonyl (C=O) groups excluding carboxylic acids is 1. The van der Waals surface area contributed by atoms with Crippen LogP contribution < -0.4 is 10.6 Å². The molecule has 0 bridgehead atoms. The van der Waals surface area contributed by atoms with Crippen LogP contribution in [-0.4, -0.2) is 30.2 Å². The molecular formula is C6H12N2O3. The Hall–Kier alpha value is -1.10. The highest BCUT2D eigenvalue weighted by atomic mass is 16.4. The van der Waals surface area contributed by atoms with Gasteiger partial charge in [-0.1, -0.05) is 0 Å². The molecule has 0 aromatic heterocycles. The van der Waals surface area contributed by atoms with Crippen LogP contribution in [0.2, 0.25) is 0 Å². The van der Waals surface area contributed by atoms with E-state index in [-0.39, 0.29) is 12.3 Å². The lowest BCUT2D eigenvalue weighted by molar-refractivity contribution is -0.136.